The summed E-state index contributed by atoms with van der Waals surface area (Å²) >= 11 is 0. The Hall–Kier alpha value is -3.25. The van der Waals surface area contributed by atoms with Gasteiger partial charge in [-0.3, -0.25) is 4.79 Å². The largest absolute Gasteiger partial charge is 0.493 e. The lowest BCUT2D eigenvalue weighted by molar-refractivity contribution is -0.111. The summed E-state index contributed by atoms with van der Waals surface area (Å²) in [5, 5.41) is 2.91. The van der Waals surface area contributed by atoms with Gasteiger partial charge in [0.2, 0.25) is 5.91 Å². The van der Waals surface area contributed by atoms with Crippen LogP contribution in [0.3, 0.4) is 0 Å². The van der Waals surface area contributed by atoms with Crippen molar-refractivity contribution in [3.05, 3.63) is 66.8 Å². The maximum absolute atomic E-state index is 12.3. The molecule has 3 rings (SSSR count). The van der Waals surface area contributed by atoms with Crippen molar-refractivity contribution in [2.75, 3.05) is 56.7 Å². The molecule has 31 heavy (non-hydrogen) atoms. The SMILES string of the molecule is C=CCOc1ccc(/C=C/C(=O)Nc2ccc(N3CCN(CC)CC3)cc2)cc1OC. The van der Waals surface area contributed by atoms with Crippen LogP contribution in [0.5, 0.6) is 11.5 Å². The summed E-state index contributed by atoms with van der Waals surface area (Å²) in [6, 6.07) is 13.5. The van der Waals surface area contributed by atoms with Gasteiger partial charge < -0.3 is 24.6 Å². The molecule has 0 spiro atoms. The monoisotopic (exact) mass is 421 g/mol. The minimum atomic E-state index is -0.185. The van der Waals surface area contributed by atoms with E-state index in [1.807, 2.05) is 30.3 Å². The third kappa shape index (κ3) is 6.36. The van der Waals surface area contributed by atoms with Gasteiger partial charge in [0.15, 0.2) is 11.5 Å². The van der Waals surface area contributed by atoms with Crippen molar-refractivity contribution in [3.63, 3.8) is 0 Å². The Balaban J connectivity index is 1.55. The second-order valence-electron chi connectivity index (χ2n) is 7.30. The van der Waals surface area contributed by atoms with Crippen LogP contribution in [0.1, 0.15) is 12.5 Å². The van der Waals surface area contributed by atoms with E-state index in [2.05, 4.69) is 40.8 Å². The lowest BCUT2D eigenvalue weighted by Crippen LogP contribution is -2.46. The Morgan fingerprint density at radius 2 is 1.84 bits per heavy atom. The van der Waals surface area contributed by atoms with Crippen LogP contribution < -0.4 is 19.7 Å². The number of benzene rings is 2. The van der Waals surface area contributed by atoms with Gasteiger partial charge in [-0.2, -0.15) is 0 Å². The average Bonchev–Trinajstić information content (AvgIpc) is 2.82. The van der Waals surface area contributed by atoms with Crippen LogP contribution in [0.25, 0.3) is 6.08 Å². The number of likely N-dealkylation sites (N-methyl/N-ethyl adjacent to an activating group) is 1. The van der Waals surface area contributed by atoms with Crippen LogP contribution in [-0.4, -0.2) is 57.2 Å². The van der Waals surface area contributed by atoms with Crippen molar-refractivity contribution in [2.24, 2.45) is 0 Å². The number of nitrogens with one attached hydrogen (secondary N) is 1. The number of carbonyl (C=O) groups excluding carboxylic acids is 1. The van der Waals surface area contributed by atoms with Crippen molar-refractivity contribution in [1.82, 2.24) is 4.90 Å². The molecule has 6 nitrogen and oxygen atoms in total. The number of methoxy groups -OCH3 is 1. The molecule has 0 radical (unpaired) electrons. The molecular weight excluding hydrogens is 390 g/mol. The molecule has 2 aromatic carbocycles. The first-order chi connectivity index (χ1) is 15.1. The standard InChI is InChI=1S/C25H31N3O3/c1-4-18-31-23-12-6-20(19-24(23)30-3)7-13-25(29)26-21-8-10-22(11-9-21)28-16-14-27(5-2)15-17-28/h4,6-13,19H,1,5,14-18H2,2-3H3,(H,26,29)/b13-7+. The molecule has 1 aliphatic heterocycles. The smallest absolute Gasteiger partial charge is 0.248 e. The van der Waals surface area contributed by atoms with Gasteiger partial charge in [-0.15, -0.1) is 0 Å². The van der Waals surface area contributed by atoms with E-state index < -0.39 is 0 Å². The average molecular weight is 422 g/mol. The first kappa shape index (κ1) is 22.4. The van der Waals surface area contributed by atoms with Gasteiger partial charge >= 0.3 is 0 Å². The van der Waals surface area contributed by atoms with Gasteiger partial charge in [0.05, 0.1) is 7.11 Å². The summed E-state index contributed by atoms with van der Waals surface area (Å²) in [4.78, 5) is 17.2. The number of nitrogens with zero attached hydrogens (tertiary/aromatic N) is 2. The highest BCUT2D eigenvalue weighted by Crippen LogP contribution is 2.28. The van der Waals surface area contributed by atoms with Crippen molar-refractivity contribution in [3.8, 4) is 11.5 Å². The van der Waals surface area contributed by atoms with Crippen molar-refractivity contribution < 1.29 is 14.3 Å². The number of ether oxygens (including phenoxy) is 2. The summed E-state index contributed by atoms with van der Waals surface area (Å²) in [5.74, 6) is 1.07. The van der Waals surface area contributed by atoms with Gasteiger partial charge in [0, 0.05) is 43.6 Å². The highest BCUT2D eigenvalue weighted by Gasteiger charge is 2.15. The Morgan fingerprint density at radius 1 is 1.10 bits per heavy atom. The van der Waals surface area contributed by atoms with Gasteiger partial charge in [-0.1, -0.05) is 25.6 Å². The molecule has 1 N–H and O–H groups in total. The van der Waals surface area contributed by atoms with Crippen molar-refractivity contribution in [1.29, 1.82) is 0 Å². The lowest BCUT2D eigenvalue weighted by atomic mass is 10.2. The van der Waals surface area contributed by atoms with Gasteiger partial charge in [0.25, 0.3) is 0 Å². The molecule has 6 heteroatoms. The minimum absolute atomic E-state index is 0.185. The summed E-state index contributed by atoms with van der Waals surface area (Å²) in [7, 11) is 1.59. The molecule has 0 aliphatic carbocycles. The fraction of sp³-hybridized carbons (Fsp3) is 0.320. The first-order valence-electron chi connectivity index (χ1n) is 10.6. The number of carbonyl (C=O) groups is 1. The zero-order chi connectivity index (χ0) is 22.1. The summed E-state index contributed by atoms with van der Waals surface area (Å²) < 4.78 is 10.9. The van der Waals surface area contributed by atoms with Gasteiger partial charge in [-0.05, 0) is 54.6 Å². The van der Waals surface area contributed by atoms with E-state index in [4.69, 9.17) is 9.47 Å². The maximum Gasteiger partial charge on any atom is 0.248 e. The molecule has 0 unspecified atom stereocenters. The fourth-order valence-corrected chi connectivity index (χ4v) is 3.49. The number of rotatable bonds is 9. The van der Waals surface area contributed by atoms with E-state index in [0.29, 0.717) is 18.1 Å². The van der Waals surface area contributed by atoms with E-state index in [1.165, 1.54) is 11.8 Å². The van der Waals surface area contributed by atoms with Crippen molar-refractivity contribution in [2.45, 2.75) is 6.92 Å². The summed E-state index contributed by atoms with van der Waals surface area (Å²) in [6.07, 6.45) is 4.93. The second kappa shape index (κ2) is 11.2. The Bertz CT molecular complexity index is 901. The molecule has 1 saturated heterocycles. The van der Waals surface area contributed by atoms with E-state index in [9.17, 15) is 4.79 Å². The lowest BCUT2D eigenvalue weighted by Gasteiger charge is -2.35. The number of amides is 1. The highest BCUT2D eigenvalue weighted by atomic mass is 16.5. The highest BCUT2D eigenvalue weighted by molar-refractivity contribution is 6.02. The molecule has 1 fully saturated rings. The molecule has 1 amide bonds. The van der Waals surface area contributed by atoms with Gasteiger partial charge in [0.1, 0.15) is 6.61 Å². The van der Waals surface area contributed by atoms with Crippen LogP contribution in [0, 0.1) is 0 Å². The maximum atomic E-state index is 12.3. The molecule has 0 aromatic heterocycles. The van der Waals surface area contributed by atoms with Crippen molar-refractivity contribution >= 4 is 23.4 Å². The summed E-state index contributed by atoms with van der Waals surface area (Å²) in [5.41, 5.74) is 2.81. The normalized spacial score (nSPS) is 14.5. The third-order valence-electron chi connectivity index (χ3n) is 5.29. The molecule has 2 aromatic rings. The van der Waals surface area contributed by atoms with E-state index >= 15 is 0 Å². The summed E-state index contributed by atoms with van der Waals surface area (Å²) in [6.45, 7) is 11.6. The number of hydrogen-bond acceptors (Lipinski definition) is 5. The van der Waals surface area contributed by atoms with Crippen LogP contribution in [0.2, 0.25) is 0 Å². The quantitative estimate of drug-likeness (QED) is 0.489. The number of anilines is 2. The number of piperazine rings is 1. The molecule has 0 atom stereocenters. The molecule has 1 heterocycles. The van der Waals surface area contributed by atoms with Gasteiger partial charge in [-0.25, -0.2) is 0 Å². The van der Waals surface area contributed by atoms with E-state index in [0.717, 1.165) is 44.0 Å². The third-order valence-corrected chi connectivity index (χ3v) is 5.29. The zero-order valence-corrected chi connectivity index (χ0v) is 18.3. The second-order valence-corrected chi connectivity index (χ2v) is 7.30. The molecular formula is C25H31N3O3. The Morgan fingerprint density at radius 3 is 2.48 bits per heavy atom. The topological polar surface area (TPSA) is 54.0 Å². The fourth-order valence-electron chi connectivity index (χ4n) is 3.49. The number of hydrogen-bond donors (Lipinski definition) is 1. The van der Waals surface area contributed by atoms with E-state index in [-0.39, 0.29) is 5.91 Å². The molecule has 0 saturated carbocycles. The molecule has 1 aliphatic rings. The zero-order valence-electron chi connectivity index (χ0n) is 18.3. The van der Waals surface area contributed by atoms with Crippen LogP contribution in [-0.2, 0) is 4.79 Å². The minimum Gasteiger partial charge on any atom is -0.493 e. The Labute approximate surface area is 184 Å². The van der Waals surface area contributed by atoms with Crippen LogP contribution >= 0.6 is 0 Å². The molecule has 164 valence electrons. The first-order valence-corrected chi connectivity index (χ1v) is 10.6. The van der Waals surface area contributed by atoms with Crippen LogP contribution in [0.4, 0.5) is 11.4 Å². The predicted octanol–water partition coefficient (Wildman–Crippen LogP) is 4.05. The Kier molecular flexibility index (Phi) is 8.12. The molecule has 0 bridgehead atoms. The van der Waals surface area contributed by atoms with Crippen LogP contribution in [0.15, 0.2) is 61.2 Å². The van der Waals surface area contributed by atoms with E-state index in [1.54, 1.807) is 19.3 Å². The predicted molar refractivity (Wildman–Crippen MR) is 127 cm³/mol.